The zero-order valence-corrected chi connectivity index (χ0v) is 20.7. The van der Waals surface area contributed by atoms with E-state index in [1.165, 1.54) is 38.2 Å². The topological polar surface area (TPSA) is 39.5 Å². The third-order valence-electron chi connectivity index (χ3n) is 7.50. The molecule has 0 unspecified atom stereocenters. The van der Waals surface area contributed by atoms with Crippen molar-refractivity contribution in [1.29, 1.82) is 0 Å². The Morgan fingerprint density at radius 1 is 1.06 bits per heavy atom. The minimum absolute atomic E-state index is 0.315. The summed E-state index contributed by atoms with van der Waals surface area (Å²) in [6.45, 7) is 3.87. The number of fused-ring (bicyclic) bond motifs is 2. The van der Waals surface area contributed by atoms with Gasteiger partial charge in [0.05, 0.1) is 17.1 Å². The van der Waals surface area contributed by atoms with Gasteiger partial charge in [0.15, 0.2) is 5.15 Å². The predicted octanol–water partition coefficient (Wildman–Crippen LogP) is 6.78. The number of likely N-dealkylation sites (tertiary alicyclic amines) is 1. The van der Waals surface area contributed by atoms with Gasteiger partial charge in [0.2, 0.25) is 0 Å². The molecule has 0 N–H and O–H groups in total. The highest BCUT2D eigenvalue weighted by Crippen LogP contribution is 2.36. The second kappa shape index (κ2) is 9.82. The molecule has 3 aliphatic rings. The molecule has 1 saturated heterocycles. The summed E-state index contributed by atoms with van der Waals surface area (Å²) in [4.78, 5) is 2.43. The van der Waals surface area contributed by atoms with E-state index in [1.54, 1.807) is 6.07 Å². The van der Waals surface area contributed by atoms with Gasteiger partial charge in [0.25, 0.3) is 0 Å². The average Bonchev–Trinajstić information content (AvgIpc) is 3.52. The number of halogens is 2. The van der Waals surface area contributed by atoms with Crippen molar-refractivity contribution in [3.05, 3.63) is 58.0 Å². The fourth-order valence-electron chi connectivity index (χ4n) is 5.66. The van der Waals surface area contributed by atoms with Gasteiger partial charge in [0.1, 0.15) is 30.5 Å². The lowest BCUT2D eigenvalue weighted by Gasteiger charge is -2.29. The second-order valence-electron chi connectivity index (χ2n) is 10.1. The van der Waals surface area contributed by atoms with Crippen LogP contribution in [0.15, 0.2) is 35.9 Å². The Morgan fingerprint density at radius 3 is 2.71 bits per heavy atom. The first-order valence-corrected chi connectivity index (χ1v) is 13.2. The summed E-state index contributed by atoms with van der Waals surface area (Å²) >= 11 is 6.47. The van der Waals surface area contributed by atoms with Gasteiger partial charge in [0, 0.05) is 24.1 Å². The van der Waals surface area contributed by atoms with Crippen LogP contribution in [0, 0.1) is 5.82 Å². The molecule has 1 aromatic heterocycles. The summed E-state index contributed by atoms with van der Waals surface area (Å²) in [5, 5.41) is 6.06. The summed E-state index contributed by atoms with van der Waals surface area (Å²) in [6.07, 6.45) is 10.5. The molecule has 184 valence electrons. The Morgan fingerprint density at radius 2 is 1.89 bits per heavy atom. The zero-order valence-electron chi connectivity index (χ0n) is 19.9. The molecule has 5 nitrogen and oxygen atoms in total. The first-order valence-electron chi connectivity index (χ1n) is 12.8. The SMILES string of the molecule is Fc1cc(OCc2ccc3c(c2)c(Cl)nn3C2CCCC2)cc2c1C=C(CN1CCCCC1)CO2. The van der Waals surface area contributed by atoms with Gasteiger partial charge in [-0.05, 0) is 68.1 Å². The van der Waals surface area contributed by atoms with Crippen LogP contribution in [0.5, 0.6) is 11.5 Å². The molecule has 2 fully saturated rings. The maximum atomic E-state index is 15.0. The van der Waals surface area contributed by atoms with E-state index in [1.807, 2.05) is 18.2 Å². The lowest BCUT2D eigenvalue weighted by molar-refractivity contribution is 0.234. The van der Waals surface area contributed by atoms with Crippen molar-refractivity contribution in [2.24, 2.45) is 0 Å². The molecule has 2 aliphatic heterocycles. The summed E-state index contributed by atoms with van der Waals surface area (Å²) in [7, 11) is 0. The Labute approximate surface area is 210 Å². The van der Waals surface area contributed by atoms with Crippen molar-refractivity contribution in [2.45, 2.75) is 57.6 Å². The quantitative estimate of drug-likeness (QED) is 0.377. The van der Waals surface area contributed by atoms with Crippen LogP contribution in [0.4, 0.5) is 4.39 Å². The Hall–Kier alpha value is -2.57. The van der Waals surface area contributed by atoms with Gasteiger partial charge >= 0.3 is 0 Å². The number of aromatic nitrogens is 2. The van der Waals surface area contributed by atoms with Crippen LogP contribution in [-0.2, 0) is 6.61 Å². The summed E-state index contributed by atoms with van der Waals surface area (Å²) in [5.41, 5.74) is 3.66. The number of hydrogen-bond donors (Lipinski definition) is 0. The third-order valence-corrected chi connectivity index (χ3v) is 7.78. The van der Waals surface area contributed by atoms with Crippen LogP contribution in [0.1, 0.15) is 62.1 Å². The van der Waals surface area contributed by atoms with Gasteiger partial charge < -0.3 is 9.47 Å². The molecule has 2 aromatic carbocycles. The number of nitrogens with zero attached hydrogens (tertiary/aromatic N) is 3. The van der Waals surface area contributed by atoms with E-state index in [-0.39, 0.29) is 5.82 Å². The number of benzene rings is 2. The van der Waals surface area contributed by atoms with Crippen LogP contribution in [0.3, 0.4) is 0 Å². The summed E-state index contributed by atoms with van der Waals surface area (Å²) < 4.78 is 29.0. The van der Waals surface area contributed by atoms with Crippen molar-refractivity contribution in [3.63, 3.8) is 0 Å². The van der Waals surface area contributed by atoms with E-state index in [4.69, 9.17) is 21.1 Å². The van der Waals surface area contributed by atoms with Crippen LogP contribution in [-0.4, -0.2) is 40.9 Å². The second-order valence-corrected chi connectivity index (χ2v) is 10.4. The highest BCUT2D eigenvalue weighted by molar-refractivity contribution is 6.34. The van der Waals surface area contributed by atoms with Crippen molar-refractivity contribution in [2.75, 3.05) is 26.2 Å². The molecule has 35 heavy (non-hydrogen) atoms. The molecular weight excluding hydrogens is 465 g/mol. The molecule has 0 amide bonds. The predicted molar refractivity (Wildman–Crippen MR) is 137 cm³/mol. The molecule has 7 heteroatoms. The normalized spacial score (nSPS) is 19.0. The van der Waals surface area contributed by atoms with E-state index in [0.717, 1.165) is 54.5 Å². The lowest BCUT2D eigenvalue weighted by atomic mass is 10.0. The van der Waals surface area contributed by atoms with Crippen LogP contribution < -0.4 is 9.47 Å². The zero-order chi connectivity index (χ0) is 23.8. The first-order chi connectivity index (χ1) is 17.1. The summed E-state index contributed by atoms with van der Waals surface area (Å²) in [5.74, 6) is 0.686. The Bertz CT molecular complexity index is 1260. The van der Waals surface area contributed by atoms with Crippen LogP contribution in [0.2, 0.25) is 5.15 Å². The maximum absolute atomic E-state index is 15.0. The number of piperidine rings is 1. The molecule has 6 rings (SSSR count). The van der Waals surface area contributed by atoms with Crippen LogP contribution in [0.25, 0.3) is 17.0 Å². The molecule has 0 spiro atoms. The van der Waals surface area contributed by atoms with E-state index < -0.39 is 0 Å². The lowest BCUT2D eigenvalue weighted by Crippen LogP contribution is -2.33. The van der Waals surface area contributed by atoms with Crippen molar-refractivity contribution >= 4 is 28.6 Å². The number of hydrogen-bond acceptors (Lipinski definition) is 4. The standard InChI is InChI=1S/C28H31ClFN3O2/c29-28-24-12-19(8-9-26(24)33(31-28)21-6-2-3-7-21)17-34-22-14-25(30)23-13-20(18-35-27(23)15-22)16-32-10-4-1-5-11-32/h8-9,12-15,21H,1-7,10-11,16-18H2. The molecule has 1 saturated carbocycles. The molecular formula is C28H31ClFN3O2. The molecule has 0 bridgehead atoms. The first kappa shape index (κ1) is 22.9. The smallest absolute Gasteiger partial charge is 0.158 e. The van der Waals surface area contributed by atoms with Gasteiger partial charge in [-0.1, -0.05) is 36.9 Å². The molecule has 3 aromatic rings. The monoisotopic (exact) mass is 495 g/mol. The summed E-state index contributed by atoms with van der Waals surface area (Å²) in [6, 6.07) is 9.79. The van der Waals surface area contributed by atoms with Gasteiger partial charge in [-0.15, -0.1) is 0 Å². The highest BCUT2D eigenvalue weighted by atomic mass is 35.5. The highest BCUT2D eigenvalue weighted by Gasteiger charge is 2.22. The van der Waals surface area contributed by atoms with Gasteiger partial charge in [-0.3, -0.25) is 9.58 Å². The molecule has 0 radical (unpaired) electrons. The fraction of sp³-hybridized carbons (Fsp3) is 0.464. The third kappa shape index (κ3) is 4.78. The molecule has 3 heterocycles. The number of ether oxygens (including phenoxy) is 2. The fourth-order valence-corrected chi connectivity index (χ4v) is 5.89. The van der Waals surface area contributed by atoms with E-state index in [9.17, 15) is 4.39 Å². The molecule has 1 aliphatic carbocycles. The minimum atomic E-state index is -0.315. The minimum Gasteiger partial charge on any atom is -0.489 e. The van der Waals surface area contributed by atoms with Crippen molar-refractivity contribution in [3.8, 4) is 11.5 Å². The maximum Gasteiger partial charge on any atom is 0.158 e. The van der Waals surface area contributed by atoms with E-state index in [0.29, 0.717) is 41.5 Å². The largest absolute Gasteiger partial charge is 0.489 e. The Balaban J connectivity index is 1.16. The van der Waals surface area contributed by atoms with Gasteiger partial charge in [-0.2, -0.15) is 5.10 Å². The molecule has 0 atom stereocenters. The average molecular weight is 496 g/mol. The van der Waals surface area contributed by atoms with E-state index >= 15 is 0 Å². The van der Waals surface area contributed by atoms with Crippen LogP contribution >= 0.6 is 11.6 Å². The Kier molecular flexibility index (Phi) is 6.42. The van der Waals surface area contributed by atoms with Gasteiger partial charge in [-0.25, -0.2) is 4.39 Å². The van der Waals surface area contributed by atoms with E-state index in [2.05, 4.69) is 20.7 Å². The van der Waals surface area contributed by atoms with Crippen molar-refractivity contribution < 1.29 is 13.9 Å². The van der Waals surface area contributed by atoms with Crippen molar-refractivity contribution in [1.82, 2.24) is 14.7 Å². The number of rotatable bonds is 6.